The highest BCUT2D eigenvalue weighted by Crippen LogP contribution is 2.17. The number of benzene rings is 2. The first-order chi connectivity index (χ1) is 10.0. The van der Waals surface area contributed by atoms with Crippen molar-refractivity contribution in [3.63, 3.8) is 0 Å². The number of rotatable bonds is 3. The predicted molar refractivity (Wildman–Crippen MR) is 82.8 cm³/mol. The second kappa shape index (κ2) is 6.09. The summed E-state index contributed by atoms with van der Waals surface area (Å²) in [4.78, 5) is 12.3. The van der Waals surface area contributed by atoms with Gasteiger partial charge < -0.3 is 16.3 Å². The Kier molecular flexibility index (Phi) is 4.23. The monoisotopic (exact) mass is 283 g/mol. The molecule has 0 saturated heterocycles. The highest BCUT2D eigenvalue weighted by Gasteiger charge is 2.09. The van der Waals surface area contributed by atoms with Crippen molar-refractivity contribution < 1.29 is 10.0 Å². The van der Waals surface area contributed by atoms with Crippen molar-refractivity contribution in [2.24, 2.45) is 10.9 Å². The summed E-state index contributed by atoms with van der Waals surface area (Å²) in [5.41, 5.74) is 9.36. The topological polar surface area (TPSA) is 87.7 Å². The molecule has 0 radical (unpaired) electrons. The third kappa shape index (κ3) is 3.39. The van der Waals surface area contributed by atoms with Crippen LogP contribution < -0.4 is 11.1 Å². The Morgan fingerprint density at radius 3 is 2.52 bits per heavy atom. The molecule has 0 saturated carbocycles. The highest BCUT2D eigenvalue weighted by atomic mass is 16.4. The van der Waals surface area contributed by atoms with E-state index < -0.39 is 0 Å². The van der Waals surface area contributed by atoms with Crippen LogP contribution in [-0.2, 0) is 0 Å². The van der Waals surface area contributed by atoms with Crippen LogP contribution in [0.15, 0.2) is 47.6 Å². The van der Waals surface area contributed by atoms with Crippen molar-refractivity contribution in [2.75, 3.05) is 5.32 Å². The molecular weight excluding hydrogens is 266 g/mol. The lowest BCUT2D eigenvalue weighted by Gasteiger charge is -2.10. The fourth-order valence-electron chi connectivity index (χ4n) is 2.03. The molecule has 5 heteroatoms. The van der Waals surface area contributed by atoms with Crippen molar-refractivity contribution >= 4 is 17.4 Å². The quantitative estimate of drug-likeness (QED) is 0.350. The zero-order valence-corrected chi connectivity index (χ0v) is 11.9. The minimum absolute atomic E-state index is 0.0313. The number of carbonyl (C=O) groups is 1. The Bertz CT molecular complexity index is 708. The molecular formula is C16H17N3O2. The maximum atomic E-state index is 12.3. The average molecular weight is 283 g/mol. The van der Waals surface area contributed by atoms with E-state index in [0.717, 1.165) is 16.8 Å². The number of carbonyl (C=O) groups excluding carboxylic acids is 1. The van der Waals surface area contributed by atoms with Crippen molar-refractivity contribution in [1.29, 1.82) is 0 Å². The van der Waals surface area contributed by atoms with Gasteiger partial charge in [0.25, 0.3) is 5.91 Å². The second-order valence-corrected chi connectivity index (χ2v) is 4.84. The maximum Gasteiger partial charge on any atom is 0.255 e. The van der Waals surface area contributed by atoms with Gasteiger partial charge in [0.15, 0.2) is 5.84 Å². The smallest absolute Gasteiger partial charge is 0.255 e. The van der Waals surface area contributed by atoms with Gasteiger partial charge in [0.05, 0.1) is 0 Å². The van der Waals surface area contributed by atoms with Gasteiger partial charge in [-0.25, -0.2) is 0 Å². The van der Waals surface area contributed by atoms with Crippen LogP contribution in [0.3, 0.4) is 0 Å². The Labute approximate surface area is 123 Å². The molecule has 0 heterocycles. The van der Waals surface area contributed by atoms with Gasteiger partial charge in [0, 0.05) is 16.8 Å². The first-order valence-corrected chi connectivity index (χ1v) is 6.48. The van der Waals surface area contributed by atoms with Crippen molar-refractivity contribution in [3.05, 3.63) is 64.7 Å². The molecule has 0 bridgehead atoms. The Morgan fingerprint density at radius 2 is 1.86 bits per heavy atom. The van der Waals surface area contributed by atoms with E-state index in [9.17, 15) is 4.79 Å². The van der Waals surface area contributed by atoms with E-state index in [4.69, 9.17) is 10.9 Å². The van der Waals surface area contributed by atoms with E-state index in [0.29, 0.717) is 11.1 Å². The number of aryl methyl sites for hydroxylation is 2. The molecule has 5 nitrogen and oxygen atoms in total. The molecule has 108 valence electrons. The molecule has 0 unspecified atom stereocenters. The zero-order valence-electron chi connectivity index (χ0n) is 11.9. The molecule has 0 aliphatic heterocycles. The largest absolute Gasteiger partial charge is 0.409 e. The van der Waals surface area contributed by atoms with Gasteiger partial charge in [0.1, 0.15) is 0 Å². The van der Waals surface area contributed by atoms with Crippen LogP contribution in [0.1, 0.15) is 27.0 Å². The van der Waals surface area contributed by atoms with Gasteiger partial charge in [-0.15, -0.1) is 0 Å². The van der Waals surface area contributed by atoms with Crippen LogP contribution in [0, 0.1) is 13.8 Å². The van der Waals surface area contributed by atoms with E-state index in [2.05, 4.69) is 10.5 Å². The van der Waals surface area contributed by atoms with Crippen LogP contribution in [0.2, 0.25) is 0 Å². The van der Waals surface area contributed by atoms with Gasteiger partial charge in [-0.3, -0.25) is 4.79 Å². The molecule has 0 spiro atoms. The summed E-state index contributed by atoms with van der Waals surface area (Å²) in [6.07, 6.45) is 0. The summed E-state index contributed by atoms with van der Waals surface area (Å²) < 4.78 is 0. The highest BCUT2D eigenvalue weighted by molar-refractivity contribution is 6.06. The van der Waals surface area contributed by atoms with E-state index >= 15 is 0 Å². The van der Waals surface area contributed by atoms with Gasteiger partial charge >= 0.3 is 0 Å². The summed E-state index contributed by atoms with van der Waals surface area (Å²) in [6.45, 7) is 3.94. The van der Waals surface area contributed by atoms with E-state index in [1.54, 1.807) is 24.3 Å². The van der Waals surface area contributed by atoms with Gasteiger partial charge in [0.2, 0.25) is 0 Å². The molecule has 4 N–H and O–H groups in total. The number of amides is 1. The number of nitrogens with zero attached hydrogens (tertiary/aromatic N) is 1. The number of hydrogen-bond donors (Lipinski definition) is 3. The lowest BCUT2D eigenvalue weighted by Crippen LogP contribution is -2.16. The van der Waals surface area contributed by atoms with E-state index in [1.165, 1.54) is 0 Å². The number of hydrogen-bond acceptors (Lipinski definition) is 3. The third-order valence-corrected chi connectivity index (χ3v) is 3.16. The molecule has 0 fully saturated rings. The normalized spacial score (nSPS) is 11.2. The summed E-state index contributed by atoms with van der Waals surface area (Å²) in [6, 6.07) is 12.4. The van der Waals surface area contributed by atoms with Crippen LogP contribution in [0.5, 0.6) is 0 Å². The lowest BCUT2D eigenvalue weighted by atomic mass is 10.1. The van der Waals surface area contributed by atoms with E-state index in [1.807, 2.05) is 32.0 Å². The minimum Gasteiger partial charge on any atom is -0.409 e. The number of anilines is 1. The fourth-order valence-corrected chi connectivity index (χ4v) is 2.03. The molecule has 0 aliphatic rings. The summed E-state index contributed by atoms with van der Waals surface area (Å²) in [5.74, 6) is -0.272. The number of oxime groups is 1. The SMILES string of the molecule is Cc1ccc(NC(=O)c2cccc(/C(N)=N/O)c2)c(C)c1. The molecule has 21 heavy (non-hydrogen) atoms. The Morgan fingerprint density at radius 1 is 1.14 bits per heavy atom. The average Bonchev–Trinajstić information content (AvgIpc) is 2.49. The van der Waals surface area contributed by atoms with Crippen LogP contribution in [-0.4, -0.2) is 17.0 Å². The third-order valence-electron chi connectivity index (χ3n) is 3.16. The van der Waals surface area contributed by atoms with Gasteiger partial charge in [-0.2, -0.15) is 0 Å². The molecule has 2 aromatic rings. The Hall–Kier alpha value is -2.82. The first kappa shape index (κ1) is 14.6. The van der Waals surface area contributed by atoms with Crippen molar-refractivity contribution in [3.8, 4) is 0 Å². The fraction of sp³-hybridized carbons (Fsp3) is 0.125. The molecule has 2 rings (SSSR count). The summed E-state index contributed by atoms with van der Waals surface area (Å²) in [7, 11) is 0. The van der Waals surface area contributed by atoms with Crippen molar-refractivity contribution in [1.82, 2.24) is 0 Å². The van der Waals surface area contributed by atoms with Crippen LogP contribution in [0.25, 0.3) is 0 Å². The van der Waals surface area contributed by atoms with Crippen molar-refractivity contribution in [2.45, 2.75) is 13.8 Å². The molecule has 2 aromatic carbocycles. The first-order valence-electron chi connectivity index (χ1n) is 6.48. The second-order valence-electron chi connectivity index (χ2n) is 4.84. The van der Waals surface area contributed by atoms with Gasteiger partial charge in [-0.1, -0.05) is 35.0 Å². The lowest BCUT2D eigenvalue weighted by molar-refractivity contribution is 0.102. The summed E-state index contributed by atoms with van der Waals surface area (Å²) >= 11 is 0. The Balaban J connectivity index is 2.24. The minimum atomic E-state index is -0.241. The predicted octanol–water partition coefficient (Wildman–Crippen LogP) is 2.65. The maximum absolute atomic E-state index is 12.3. The molecule has 0 aromatic heterocycles. The molecule has 0 atom stereocenters. The number of amidine groups is 1. The van der Waals surface area contributed by atoms with Gasteiger partial charge in [-0.05, 0) is 37.6 Å². The zero-order chi connectivity index (χ0) is 15.4. The number of nitrogens with two attached hydrogens (primary N) is 1. The van der Waals surface area contributed by atoms with Crippen LogP contribution in [0.4, 0.5) is 5.69 Å². The summed E-state index contributed by atoms with van der Waals surface area (Å²) in [5, 5.41) is 14.5. The number of nitrogens with one attached hydrogen (secondary N) is 1. The standard InChI is InChI=1S/C16H17N3O2/c1-10-6-7-14(11(2)8-10)18-16(20)13-5-3-4-12(9-13)15(17)19-21/h3-9,21H,1-2H3,(H2,17,19)(H,18,20). The van der Waals surface area contributed by atoms with Crippen LogP contribution >= 0.6 is 0 Å². The molecule has 0 aliphatic carbocycles. The van der Waals surface area contributed by atoms with E-state index in [-0.39, 0.29) is 11.7 Å². The molecule has 1 amide bonds.